The molecule has 0 saturated heterocycles. The Morgan fingerprint density at radius 2 is 2.00 bits per heavy atom. The highest BCUT2D eigenvalue weighted by Gasteiger charge is 2.55. The second-order valence-electron chi connectivity index (χ2n) is 8.45. The van der Waals surface area contributed by atoms with Gasteiger partial charge < -0.3 is 9.84 Å². The van der Waals surface area contributed by atoms with Crippen molar-refractivity contribution in [1.29, 1.82) is 0 Å². The first kappa shape index (κ1) is 17.3. The molecule has 24 heavy (non-hydrogen) atoms. The van der Waals surface area contributed by atoms with Gasteiger partial charge in [0, 0.05) is 0 Å². The first-order chi connectivity index (χ1) is 11.3. The third-order valence-corrected chi connectivity index (χ3v) is 6.83. The number of carboxylic acid groups (broad SMARTS) is 1. The van der Waals surface area contributed by atoms with Crippen molar-refractivity contribution in [2.24, 2.45) is 11.3 Å². The smallest absolute Gasteiger partial charge is 0.309 e. The van der Waals surface area contributed by atoms with Crippen LogP contribution >= 0.6 is 0 Å². The van der Waals surface area contributed by atoms with Crippen molar-refractivity contribution >= 4 is 5.97 Å². The molecule has 0 bridgehead atoms. The minimum atomic E-state index is -0.632. The normalized spacial score (nSPS) is 32.2. The summed E-state index contributed by atoms with van der Waals surface area (Å²) in [4.78, 5) is 12.0. The molecule has 1 fully saturated rings. The summed E-state index contributed by atoms with van der Waals surface area (Å²) in [7, 11) is 1.76. The van der Waals surface area contributed by atoms with Crippen LogP contribution in [-0.2, 0) is 16.6 Å². The van der Waals surface area contributed by atoms with Gasteiger partial charge >= 0.3 is 5.97 Å². The highest BCUT2D eigenvalue weighted by Crippen LogP contribution is 2.58. The largest absolute Gasteiger partial charge is 0.496 e. The first-order valence-corrected chi connectivity index (χ1v) is 9.19. The highest BCUT2D eigenvalue weighted by molar-refractivity contribution is 5.75. The molecule has 0 heterocycles. The van der Waals surface area contributed by atoms with E-state index in [0.717, 1.165) is 37.9 Å². The van der Waals surface area contributed by atoms with Crippen molar-refractivity contribution in [2.45, 2.75) is 71.1 Å². The van der Waals surface area contributed by atoms with Crippen LogP contribution in [0.4, 0.5) is 0 Å². The second-order valence-corrected chi connectivity index (χ2v) is 8.45. The number of fused-ring (bicyclic) bond motifs is 3. The van der Waals surface area contributed by atoms with E-state index in [1.54, 1.807) is 7.11 Å². The van der Waals surface area contributed by atoms with E-state index >= 15 is 0 Å². The number of ether oxygens (including phenoxy) is 1. The molecule has 2 aliphatic rings. The Bertz CT molecular complexity index is 663. The molecule has 0 aromatic heterocycles. The molecule has 0 spiro atoms. The average molecular weight is 330 g/mol. The predicted molar refractivity (Wildman–Crippen MR) is 95.8 cm³/mol. The summed E-state index contributed by atoms with van der Waals surface area (Å²) in [6.07, 6.45) is 4.69. The van der Waals surface area contributed by atoms with Crippen LogP contribution in [0.3, 0.4) is 0 Å². The summed E-state index contributed by atoms with van der Waals surface area (Å²) >= 11 is 0. The lowest BCUT2D eigenvalue weighted by atomic mass is 9.49. The number of hydrogen-bond donors (Lipinski definition) is 1. The van der Waals surface area contributed by atoms with Gasteiger partial charge in [0.2, 0.25) is 0 Å². The second kappa shape index (κ2) is 5.79. The molecular weight excluding hydrogens is 300 g/mol. The van der Waals surface area contributed by atoms with Gasteiger partial charge in [0.05, 0.1) is 12.5 Å². The Balaban J connectivity index is 2.16. The Labute approximate surface area is 145 Å². The fourth-order valence-electron chi connectivity index (χ4n) is 5.50. The molecule has 0 amide bonds. The van der Waals surface area contributed by atoms with Crippen LogP contribution in [0.2, 0.25) is 0 Å². The predicted octanol–water partition coefficient (Wildman–Crippen LogP) is 4.91. The van der Waals surface area contributed by atoms with Crippen LogP contribution in [0.25, 0.3) is 0 Å². The number of methoxy groups -OCH3 is 1. The molecular formula is C21H30O3. The van der Waals surface area contributed by atoms with Crippen molar-refractivity contribution in [2.75, 3.05) is 7.11 Å². The fourth-order valence-corrected chi connectivity index (χ4v) is 5.50. The standard InChI is InChI=1S/C21H30O3/c1-13(2)14-7-9-16-15(18(14)24-5)8-10-17-20(16,3)11-6-12-21(17,4)19(22)23/h7,9,13,17H,6,8,10-12H2,1-5H3,(H,22,23)/t17-,20-,21-/m1/s1. The van der Waals surface area contributed by atoms with E-state index in [2.05, 4.69) is 32.9 Å². The molecule has 1 N–H and O–H groups in total. The highest BCUT2D eigenvalue weighted by atomic mass is 16.5. The summed E-state index contributed by atoms with van der Waals surface area (Å²) in [6.45, 7) is 8.63. The summed E-state index contributed by atoms with van der Waals surface area (Å²) in [6, 6.07) is 4.45. The zero-order chi connectivity index (χ0) is 17.7. The fraction of sp³-hybridized carbons (Fsp3) is 0.667. The maximum atomic E-state index is 12.0. The summed E-state index contributed by atoms with van der Waals surface area (Å²) < 4.78 is 5.81. The van der Waals surface area contributed by atoms with Gasteiger partial charge in [0.25, 0.3) is 0 Å². The van der Waals surface area contributed by atoms with E-state index in [4.69, 9.17) is 4.74 Å². The van der Waals surface area contributed by atoms with Gasteiger partial charge in [-0.25, -0.2) is 0 Å². The van der Waals surface area contributed by atoms with E-state index in [1.807, 2.05) is 6.92 Å². The van der Waals surface area contributed by atoms with Crippen LogP contribution in [-0.4, -0.2) is 18.2 Å². The van der Waals surface area contributed by atoms with E-state index in [1.165, 1.54) is 16.7 Å². The maximum absolute atomic E-state index is 12.0. The zero-order valence-electron chi connectivity index (χ0n) is 15.6. The van der Waals surface area contributed by atoms with Crippen molar-refractivity contribution in [3.8, 4) is 5.75 Å². The SMILES string of the molecule is COc1c(C(C)C)ccc2c1CC[C@H]1[C@](C)(C(=O)O)CCC[C@]21C. The lowest BCUT2D eigenvalue weighted by Crippen LogP contribution is -2.52. The number of rotatable bonds is 3. The van der Waals surface area contributed by atoms with Crippen LogP contribution in [0.15, 0.2) is 12.1 Å². The molecule has 0 aliphatic heterocycles. The van der Waals surface area contributed by atoms with Gasteiger partial charge in [0.1, 0.15) is 5.75 Å². The molecule has 2 aliphatic carbocycles. The van der Waals surface area contributed by atoms with Gasteiger partial charge in [0.15, 0.2) is 0 Å². The number of aliphatic carboxylic acids is 1. The minimum absolute atomic E-state index is 0.0677. The topological polar surface area (TPSA) is 46.5 Å². The number of benzene rings is 1. The van der Waals surface area contributed by atoms with Gasteiger partial charge in [-0.3, -0.25) is 4.79 Å². The summed E-state index contributed by atoms with van der Waals surface area (Å²) in [5.74, 6) is 1.02. The number of hydrogen-bond acceptors (Lipinski definition) is 2. The van der Waals surface area contributed by atoms with Crippen LogP contribution in [0.5, 0.6) is 5.75 Å². The van der Waals surface area contributed by atoms with Crippen molar-refractivity contribution in [3.63, 3.8) is 0 Å². The lowest BCUT2D eigenvalue weighted by molar-refractivity contribution is -0.157. The van der Waals surface area contributed by atoms with Crippen molar-refractivity contribution < 1.29 is 14.6 Å². The van der Waals surface area contributed by atoms with Crippen LogP contribution < -0.4 is 4.74 Å². The number of carboxylic acids is 1. The quantitative estimate of drug-likeness (QED) is 0.856. The monoisotopic (exact) mass is 330 g/mol. The van der Waals surface area contributed by atoms with E-state index in [0.29, 0.717) is 5.92 Å². The molecule has 3 heteroatoms. The van der Waals surface area contributed by atoms with Gasteiger partial charge in [-0.2, -0.15) is 0 Å². The molecule has 0 radical (unpaired) electrons. The van der Waals surface area contributed by atoms with Crippen molar-refractivity contribution in [1.82, 2.24) is 0 Å². The van der Waals surface area contributed by atoms with E-state index in [-0.39, 0.29) is 11.3 Å². The zero-order valence-corrected chi connectivity index (χ0v) is 15.6. The molecule has 1 aromatic carbocycles. The van der Waals surface area contributed by atoms with Gasteiger partial charge in [-0.05, 0) is 66.5 Å². The maximum Gasteiger partial charge on any atom is 0.309 e. The third-order valence-electron chi connectivity index (χ3n) is 6.83. The molecule has 0 unspecified atom stereocenters. The molecule has 1 saturated carbocycles. The van der Waals surface area contributed by atoms with Gasteiger partial charge in [-0.15, -0.1) is 0 Å². The van der Waals surface area contributed by atoms with Crippen LogP contribution in [0.1, 0.15) is 76.0 Å². The van der Waals surface area contributed by atoms with E-state index < -0.39 is 11.4 Å². The Hall–Kier alpha value is -1.51. The number of carbonyl (C=O) groups is 1. The average Bonchev–Trinajstić information content (AvgIpc) is 2.53. The Morgan fingerprint density at radius 1 is 1.29 bits per heavy atom. The summed E-state index contributed by atoms with van der Waals surface area (Å²) in [5, 5.41) is 9.89. The third kappa shape index (κ3) is 2.28. The molecule has 1 aromatic rings. The van der Waals surface area contributed by atoms with E-state index in [9.17, 15) is 9.90 Å². The van der Waals surface area contributed by atoms with Crippen LogP contribution in [0, 0.1) is 11.3 Å². The summed E-state index contributed by atoms with van der Waals surface area (Å²) in [5.41, 5.74) is 3.22. The molecule has 3 rings (SSSR count). The molecule has 132 valence electrons. The van der Waals surface area contributed by atoms with Gasteiger partial charge in [-0.1, -0.05) is 39.3 Å². The Morgan fingerprint density at radius 3 is 2.58 bits per heavy atom. The lowest BCUT2D eigenvalue weighted by Gasteiger charge is -2.53. The van der Waals surface area contributed by atoms with Crippen molar-refractivity contribution in [3.05, 3.63) is 28.8 Å². The molecule has 3 nitrogen and oxygen atoms in total. The molecule has 3 atom stereocenters. The first-order valence-electron chi connectivity index (χ1n) is 9.19. The Kier molecular flexibility index (Phi) is 4.17. The minimum Gasteiger partial charge on any atom is -0.496 e.